The van der Waals surface area contributed by atoms with Crippen LogP contribution in [0.3, 0.4) is 0 Å². The first-order valence-corrected chi connectivity index (χ1v) is 8.13. The molecule has 1 aromatic carbocycles. The summed E-state index contributed by atoms with van der Waals surface area (Å²) in [5, 5.41) is 7.77. The number of nitrogens with zero attached hydrogens (tertiary/aromatic N) is 4. The van der Waals surface area contributed by atoms with Crippen LogP contribution in [-0.4, -0.2) is 26.8 Å². The minimum atomic E-state index is -0.247. The minimum absolute atomic E-state index is 0.247. The fraction of sp³-hybridized carbons (Fsp3) is 0.278. The molecule has 3 heterocycles. The Hall–Kier alpha value is -2.76. The van der Waals surface area contributed by atoms with Gasteiger partial charge in [-0.15, -0.1) is 0 Å². The standard InChI is InChI=1S/C18H18FN5/c1-20-18-21-10-9-14(22-18)16-15-4-2-3-11-24(15)23-17(16)12-5-7-13(19)8-6-12/h5-10H,2-4,11H2,1H3,(H,20,21,22). The highest BCUT2D eigenvalue weighted by molar-refractivity contribution is 5.81. The first-order valence-electron chi connectivity index (χ1n) is 8.13. The summed E-state index contributed by atoms with van der Waals surface area (Å²) in [6, 6.07) is 8.38. The molecule has 0 aliphatic carbocycles. The number of rotatable bonds is 3. The maximum Gasteiger partial charge on any atom is 0.222 e. The van der Waals surface area contributed by atoms with Crippen LogP contribution in [0.15, 0.2) is 36.5 Å². The number of aryl methyl sites for hydroxylation is 1. The van der Waals surface area contributed by atoms with Gasteiger partial charge in [0.2, 0.25) is 5.95 Å². The number of hydrogen-bond acceptors (Lipinski definition) is 4. The molecule has 0 atom stereocenters. The first-order chi connectivity index (χ1) is 11.8. The Kier molecular flexibility index (Phi) is 3.72. The Bertz CT molecular complexity index is 870. The lowest BCUT2D eigenvalue weighted by Gasteiger charge is -2.14. The van der Waals surface area contributed by atoms with Gasteiger partial charge in [0, 0.05) is 36.6 Å². The molecule has 1 N–H and O–H groups in total. The number of halogens is 1. The van der Waals surface area contributed by atoms with Gasteiger partial charge < -0.3 is 5.32 Å². The van der Waals surface area contributed by atoms with Gasteiger partial charge in [0.1, 0.15) is 11.5 Å². The second-order valence-electron chi connectivity index (χ2n) is 5.87. The van der Waals surface area contributed by atoms with Gasteiger partial charge in [-0.1, -0.05) is 0 Å². The van der Waals surface area contributed by atoms with Crippen molar-refractivity contribution in [2.75, 3.05) is 12.4 Å². The van der Waals surface area contributed by atoms with Crippen molar-refractivity contribution in [3.05, 3.63) is 48.0 Å². The highest BCUT2D eigenvalue weighted by Gasteiger charge is 2.23. The molecule has 122 valence electrons. The van der Waals surface area contributed by atoms with Crippen molar-refractivity contribution in [2.45, 2.75) is 25.8 Å². The lowest BCUT2D eigenvalue weighted by atomic mass is 9.99. The van der Waals surface area contributed by atoms with Gasteiger partial charge in [0.15, 0.2) is 0 Å². The Balaban J connectivity index is 1.93. The van der Waals surface area contributed by atoms with Crippen LogP contribution in [0, 0.1) is 5.82 Å². The van der Waals surface area contributed by atoms with Crippen molar-refractivity contribution in [2.24, 2.45) is 0 Å². The lowest BCUT2D eigenvalue weighted by Crippen LogP contribution is -2.11. The molecule has 0 fully saturated rings. The molecule has 24 heavy (non-hydrogen) atoms. The van der Waals surface area contributed by atoms with E-state index in [1.54, 1.807) is 25.4 Å². The average molecular weight is 323 g/mol. The molecular weight excluding hydrogens is 305 g/mol. The molecule has 0 spiro atoms. The summed E-state index contributed by atoms with van der Waals surface area (Å²) < 4.78 is 15.4. The molecule has 1 aliphatic heterocycles. The number of fused-ring (bicyclic) bond motifs is 1. The number of hydrogen-bond donors (Lipinski definition) is 1. The quantitative estimate of drug-likeness (QED) is 0.801. The summed E-state index contributed by atoms with van der Waals surface area (Å²) >= 11 is 0. The van der Waals surface area contributed by atoms with E-state index in [-0.39, 0.29) is 5.82 Å². The predicted octanol–water partition coefficient (Wildman–Crippen LogP) is 3.52. The summed E-state index contributed by atoms with van der Waals surface area (Å²) in [5.74, 6) is 0.331. The number of aromatic nitrogens is 4. The Morgan fingerprint density at radius 2 is 1.96 bits per heavy atom. The van der Waals surface area contributed by atoms with Gasteiger partial charge in [-0.05, 0) is 49.6 Å². The topological polar surface area (TPSA) is 55.6 Å². The Morgan fingerprint density at radius 1 is 1.12 bits per heavy atom. The van der Waals surface area contributed by atoms with Crippen LogP contribution in [0.5, 0.6) is 0 Å². The third-order valence-electron chi connectivity index (χ3n) is 4.34. The van der Waals surface area contributed by atoms with Crippen LogP contribution in [0.4, 0.5) is 10.3 Å². The van der Waals surface area contributed by atoms with E-state index in [1.165, 1.54) is 17.8 Å². The fourth-order valence-electron chi connectivity index (χ4n) is 3.19. The third-order valence-corrected chi connectivity index (χ3v) is 4.34. The van der Waals surface area contributed by atoms with Crippen molar-refractivity contribution >= 4 is 5.95 Å². The van der Waals surface area contributed by atoms with Gasteiger partial charge >= 0.3 is 0 Å². The number of benzene rings is 1. The van der Waals surface area contributed by atoms with Crippen molar-refractivity contribution < 1.29 is 4.39 Å². The molecule has 0 saturated heterocycles. The molecule has 0 bridgehead atoms. The smallest absolute Gasteiger partial charge is 0.222 e. The summed E-state index contributed by atoms with van der Waals surface area (Å²) in [6.45, 7) is 0.910. The van der Waals surface area contributed by atoms with Crippen LogP contribution >= 0.6 is 0 Å². The number of anilines is 1. The molecule has 4 rings (SSSR count). The SMILES string of the molecule is CNc1nccc(-c2c(-c3ccc(F)cc3)nn3c2CCCC3)n1. The summed E-state index contributed by atoms with van der Waals surface area (Å²) in [6.07, 6.45) is 4.99. The van der Waals surface area contributed by atoms with E-state index in [9.17, 15) is 4.39 Å². The van der Waals surface area contributed by atoms with E-state index in [1.807, 2.05) is 6.07 Å². The van der Waals surface area contributed by atoms with Crippen LogP contribution in [0.25, 0.3) is 22.5 Å². The second-order valence-corrected chi connectivity index (χ2v) is 5.87. The lowest BCUT2D eigenvalue weighted by molar-refractivity contribution is 0.487. The summed E-state index contributed by atoms with van der Waals surface area (Å²) in [5.41, 5.74) is 4.82. The van der Waals surface area contributed by atoms with Gasteiger partial charge in [0.25, 0.3) is 0 Å². The molecule has 6 heteroatoms. The van der Waals surface area contributed by atoms with Gasteiger partial charge in [-0.3, -0.25) is 4.68 Å². The molecule has 0 unspecified atom stereocenters. The monoisotopic (exact) mass is 323 g/mol. The third kappa shape index (κ3) is 2.54. The second kappa shape index (κ2) is 6.03. The average Bonchev–Trinajstić information content (AvgIpc) is 3.02. The van der Waals surface area contributed by atoms with Crippen molar-refractivity contribution in [3.63, 3.8) is 0 Å². The maximum absolute atomic E-state index is 13.3. The molecule has 5 nitrogen and oxygen atoms in total. The van der Waals surface area contributed by atoms with Crippen LogP contribution in [0.2, 0.25) is 0 Å². The first kappa shape index (κ1) is 14.8. The van der Waals surface area contributed by atoms with E-state index in [0.29, 0.717) is 5.95 Å². The van der Waals surface area contributed by atoms with Crippen LogP contribution in [0.1, 0.15) is 18.5 Å². The summed E-state index contributed by atoms with van der Waals surface area (Å²) in [4.78, 5) is 8.79. The molecule has 0 saturated carbocycles. The largest absolute Gasteiger partial charge is 0.357 e. The van der Waals surface area contributed by atoms with E-state index in [4.69, 9.17) is 5.10 Å². The van der Waals surface area contributed by atoms with Gasteiger partial charge in [-0.2, -0.15) is 5.10 Å². The molecule has 2 aromatic heterocycles. The van der Waals surface area contributed by atoms with Crippen LogP contribution in [-0.2, 0) is 13.0 Å². The van der Waals surface area contributed by atoms with E-state index >= 15 is 0 Å². The fourth-order valence-corrected chi connectivity index (χ4v) is 3.19. The zero-order chi connectivity index (χ0) is 16.5. The maximum atomic E-state index is 13.3. The molecule has 3 aromatic rings. The van der Waals surface area contributed by atoms with Gasteiger partial charge in [0.05, 0.1) is 5.69 Å². The van der Waals surface area contributed by atoms with E-state index in [2.05, 4.69) is 20.0 Å². The normalized spacial score (nSPS) is 13.6. The molecule has 0 amide bonds. The van der Waals surface area contributed by atoms with Gasteiger partial charge in [-0.25, -0.2) is 14.4 Å². The zero-order valence-corrected chi connectivity index (χ0v) is 13.5. The Morgan fingerprint density at radius 3 is 2.75 bits per heavy atom. The highest BCUT2D eigenvalue weighted by atomic mass is 19.1. The molecule has 0 radical (unpaired) electrons. The number of nitrogens with one attached hydrogen (secondary N) is 1. The van der Waals surface area contributed by atoms with Crippen molar-refractivity contribution in [3.8, 4) is 22.5 Å². The van der Waals surface area contributed by atoms with E-state index in [0.717, 1.165) is 48.3 Å². The van der Waals surface area contributed by atoms with Crippen LogP contribution < -0.4 is 5.32 Å². The van der Waals surface area contributed by atoms with Crippen molar-refractivity contribution in [1.82, 2.24) is 19.7 Å². The minimum Gasteiger partial charge on any atom is -0.357 e. The highest BCUT2D eigenvalue weighted by Crippen LogP contribution is 2.36. The zero-order valence-electron chi connectivity index (χ0n) is 13.5. The summed E-state index contributed by atoms with van der Waals surface area (Å²) in [7, 11) is 1.80. The van der Waals surface area contributed by atoms with E-state index < -0.39 is 0 Å². The van der Waals surface area contributed by atoms with Crippen molar-refractivity contribution in [1.29, 1.82) is 0 Å². The molecular formula is C18H18FN5. The predicted molar refractivity (Wildman–Crippen MR) is 91.1 cm³/mol. The molecule has 1 aliphatic rings. The Labute approximate surface area is 139 Å².